The molecule has 1 N–H and O–H groups in total. The van der Waals surface area contributed by atoms with E-state index >= 15 is 0 Å². The van der Waals surface area contributed by atoms with Gasteiger partial charge in [-0.2, -0.15) is 5.10 Å². The van der Waals surface area contributed by atoms with Gasteiger partial charge < -0.3 is 19.9 Å². The van der Waals surface area contributed by atoms with E-state index in [0.717, 1.165) is 30.0 Å². The molecule has 0 spiro atoms. The molecule has 0 radical (unpaired) electrons. The van der Waals surface area contributed by atoms with Gasteiger partial charge in [-0.25, -0.2) is 4.98 Å². The van der Waals surface area contributed by atoms with Gasteiger partial charge in [-0.05, 0) is 85.0 Å². The van der Waals surface area contributed by atoms with Gasteiger partial charge in [0.15, 0.2) is 0 Å². The van der Waals surface area contributed by atoms with Crippen molar-refractivity contribution in [1.82, 2.24) is 25.0 Å². The molecule has 0 saturated heterocycles. The molecule has 4 aromatic rings. The molecule has 0 unspecified atom stereocenters. The number of hydrogen-bond acceptors (Lipinski definition) is 6. The van der Waals surface area contributed by atoms with Crippen LogP contribution in [0.4, 0.5) is 5.69 Å². The van der Waals surface area contributed by atoms with Crippen LogP contribution >= 0.6 is 0 Å². The third-order valence-corrected chi connectivity index (χ3v) is 8.80. The van der Waals surface area contributed by atoms with Crippen LogP contribution in [0.15, 0.2) is 85.3 Å². The van der Waals surface area contributed by atoms with Crippen LogP contribution in [0, 0.1) is 0 Å². The minimum Gasteiger partial charge on any atom is -0.476 e. The van der Waals surface area contributed by atoms with E-state index in [-0.39, 0.29) is 11.9 Å². The molecule has 1 fully saturated rings. The summed E-state index contributed by atoms with van der Waals surface area (Å²) in [5.41, 5.74) is 8.87. The van der Waals surface area contributed by atoms with Crippen molar-refractivity contribution < 1.29 is 9.53 Å². The van der Waals surface area contributed by atoms with E-state index in [4.69, 9.17) is 9.72 Å². The maximum atomic E-state index is 11.6. The average Bonchev–Trinajstić information content (AvgIpc) is 3.79. The summed E-state index contributed by atoms with van der Waals surface area (Å²) in [5.74, 6) is 1.32. The number of anilines is 1. The molecule has 8 heteroatoms. The number of fused-ring (bicyclic) bond motifs is 1. The molecule has 2 aromatic carbocycles. The number of amides is 1. The van der Waals surface area contributed by atoms with Gasteiger partial charge in [0.1, 0.15) is 6.61 Å². The van der Waals surface area contributed by atoms with Crippen LogP contribution < -0.4 is 15.0 Å². The molecule has 1 aliphatic carbocycles. The SMILES string of the molecule is CCn1cc(-c2ccc3c(c2)C[C@@H](C)N(c2ccc(C4CC4)cc2)[C@@H]3c2ccc(OCCNC/C=C/C(=O)N(C)C)nc2)cn1. The Balaban J connectivity index is 1.21. The van der Waals surface area contributed by atoms with Gasteiger partial charge in [0.25, 0.3) is 0 Å². The molecule has 3 heterocycles. The highest BCUT2D eigenvalue weighted by Gasteiger charge is 2.34. The Morgan fingerprint density at radius 2 is 1.84 bits per heavy atom. The molecule has 1 saturated carbocycles. The number of aromatic nitrogens is 3. The molecule has 0 bridgehead atoms. The van der Waals surface area contributed by atoms with Crippen molar-refractivity contribution in [3.8, 4) is 17.0 Å². The number of hydrogen-bond donors (Lipinski definition) is 1. The largest absolute Gasteiger partial charge is 0.476 e. The molecule has 1 amide bonds. The first-order valence-corrected chi connectivity index (χ1v) is 16.1. The third kappa shape index (κ3) is 7.12. The highest BCUT2D eigenvalue weighted by atomic mass is 16.5. The van der Waals surface area contributed by atoms with Crippen LogP contribution in [0.2, 0.25) is 0 Å². The Kier molecular flexibility index (Phi) is 9.31. The summed E-state index contributed by atoms with van der Waals surface area (Å²) in [5, 5.41) is 7.77. The molecule has 45 heavy (non-hydrogen) atoms. The van der Waals surface area contributed by atoms with Gasteiger partial charge in [-0.3, -0.25) is 9.48 Å². The quantitative estimate of drug-likeness (QED) is 0.158. The molecule has 2 aromatic heterocycles. The lowest BCUT2D eigenvalue weighted by Crippen LogP contribution is -2.43. The lowest BCUT2D eigenvalue weighted by atomic mass is 9.83. The summed E-state index contributed by atoms with van der Waals surface area (Å²) < 4.78 is 7.92. The van der Waals surface area contributed by atoms with Gasteiger partial charge in [0.2, 0.25) is 11.8 Å². The monoisotopic (exact) mass is 604 g/mol. The lowest BCUT2D eigenvalue weighted by Gasteiger charge is -2.44. The molecule has 2 aliphatic rings. The van der Waals surface area contributed by atoms with Crippen molar-refractivity contribution in [2.24, 2.45) is 0 Å². The summed E-state index contributed by atoms with van der Waals surface area (Å²) in [6.07, 6.45) is 13.0. The van der Waals surface area contributed by atoms with Gasteiger partial charge in [0, 0.05) is 75.6 Å². The standard InChI is InChI=1S/C37H44N6O2/c1-5-42-25-32(24-40-42)29-12-16-34-31(22-29)21-26(2)43(33-14-10-28(11-15-33)27-8-9-27)37(34)30-13-17-35(39-23-30)45-20-19-38-18-6-7-36(44)41(3)4/h6-7,10-17,22-27,37-38H,5,8-9,18-21H2,1-4H3/b7-6+/t26-,37-/m1/s1. The van der Waals surface area contributed by atoms with Gasteiger partial charge >= 0.3 is 0 Å². The average molecular weight is 605 g/mol. The Hall–Kier alpha value is -4.43. The first-order valence-electron chi connectivity index (χ1n) is 16.1. The summed E-state index contributed by atoms with van der Waals surface area (Å²) in [6, 6.07) is 20.6. The number of rotatable bonds is 12. The second kappa shape index (κ2) is 13.7. The van der Waals surface area contributed by atoms with Crippen molar-refractivity contribution in [3.63, 3.8) is 0 Å². The summed E-state index contributed by atoms with van der Waals surface area (Å²) >= 11 is 0. The minimum absolute atomic E-state index is 0.0226. The van der Waals surface area contributed by atoms with Gasteiger partial charge in [-0.1, -0.05) is 36.4 Å². The minimum atomic E-state index is -0.0226. The van der Waals surface area contributed by atoms with Crippen molar-refractivity contribution in [2.75, 3.05) is 38.7 Å². The first kappa shape index (κ1) is 30.6. The first-order chi connectivity index (χ1) is 21.9. The molecular weight excluding hydrogens is 560 g/mol. The van der Waals surface area contributed by atoms with E-state index in [9.17, 15) is 4.79 Å². The predicted molar refractivity (Wildman–Crippen MR) is 180 cm³/mol. The Morgan fingerprint density at radius 1 is 1.04 bits per heavy atom. The lowest BCUT2D eigenvalue weighted by molar-refractivity contribution is -0.123. The van der Waals surface area contributed by atoms with Crippen LogP contribution in [0.5, 0.6) is 5.88 Å². The van der Waals surface area contributed by atoms with E-state index in [1.807, 2.05) is 29.2 Å². The smallest absolute Gasteiger partial charge is 0.245 e. The fourth-order valence-corrected chi connectivity index (χ4v) is 6.18. The normalized spacial score (nSPS) is 17.8. The number of carbonyl (C=O) groups excluding carboxylic acids is 1. The van der Waals surface area contributed by atoms with Crippen molar-refractivity contribution in [3.05, 3.63) is 108 Å². The molecule has 6 rings (SSSR count). The van der Waals surface area contributed by atoms with Crippen LogP contribution in [0.1, 0.15) is 60.9 Å². The second-order valence-electron chi connectivity index (χ2n) is 12.3. The van der Waals surface area contributed by atoms with Crippen LogP contribution in [-0.2, 0) is 17.8 Å². The molecule has 1 aliphatic heterocycles. The number of ether oxygens (including phenoxy) is 1. The Morgan fingerprint density at radius 3 is 2.53 bits per heavy atom. The van der Waals surface area contributed by atoms with E-state index in [1.54, 1.807) is 25.1 Å². The third-order valence-electron chi connectivity index (χ3n) is 8.80. The van der Waals surface area contributed by atoms with Crippen LogP contribution in [0.25, 0.3) is 11.1 Å². The molecular formula is C37H44N6O2. The number of nitrogens with zero attached hydrogens (tertiary/aromatic N) is 5. The fourth-order valence-electron chi connectivity index (χ4n) is 6.18. The summed E-state index contributed by atoms with van der Waals surface area (Å²) in [7, 11) is 3.48. The second-order valence-corrected chi connectivity index (χ2v) is 12.3. The maximum Gasteiger partial charge on any atom is 0.245 e. The van der Waals surface area contributed by atoms with Gasteiger partial charge in [-0.15, -0.1) is 0 Å². The Labute approximate surface area is 266 Å². The number of nitrogens with one attached hydrogen (secondary N) is 1. The molecule has 2 atom stereocenters. The zero-order valence-electron chi connectivity index (χ0n) is 26.8. The highest BCUT2D eigenvalue weighted by molar-refractivity contribution is 5.87. The zero-order valence-corrected chi connectivity index (χ0v) is 26.8. The number of likely N-dealkylation sites (N-methyl/N-ethyl adjacent to an activating group) is 1. The molecule has 234 valence electrons. The number of pyridine rings is 1. The van der Waals surface area contributed by atoms with E-state index in [1.165, 1.54) is 40.8 Å². The summed E-state index contributed by atoms with van der Waals surface area (Å²) in [6.45, 7) is 7.05. The van der Waals surface area contributed by atoms with Crippen LogP contribution in [-0.4, -0.2) is 65.4 Å². The number of carbonyl (C=O) groups is 1. The van der Waals surface area contributed by atoms with E-state index < -0.39 is 0 Å². The van der Waals surface area contributed by atoms with E-state index in [0.29, 0.717) is 31.6 Å². The zero-order chi connectivity index (χ0) is 31.3. The summed E-state index contributed by atoms with van der Waals surface area (Å²) in [4.78, 5) is 20.5. The predicted octanol–water partition coefficient (Wildman–Crippen LogP) is 6.00. The molecule has 8 nitrogen and oxygen atoms in total. The van der Waals surface area contributed by atoms with Crippen LogP contribution in [0.3, 0.4) is 0 Å². The number of benzene rings is 2. The topological polar surface area (TPSA) is 75.5 Å². The number of aryl methyl sites for hydroxylation is 1. The maximum absolute atomic E-state index is 11.6. The fraction of sp³-hybridized carbons (Fsp3) is 0.378. The van der Waals surface area contributed by atoms with E-state index in [2.05, 4.69) is 83.9 Å². The highest BCUT2D eigenvalue weighted by Crippen LogP contribution is 2.44. The van der Waals surface area contributed by atoms with Crippen molar-refractivity contribution >= 4 is 11.6 Å². The van der Waals surface area contributed by atoms with Crippen molar-refractivity contribution in [2.45, 2.75) is 57.7 Å². The van der Waals surface area contributed by atoms with Gasteiger partial charge in [0.05, 0.1) is 12.2 Å². The Bertz CT molecular complexity index is 1620. The van der Waals surface area contributed by atoms with Crippen molar-refractivity contribution in [1.29, 1.82) is 0 Å².